The number of carbonyl (C=O) groups is 1. The van der Waals surface area contributed by atoms with Gasteiger partial charge in [-0.05, 0) is 19.1 Å². The summed E-state index contributed by atoms with van der Waals surface area (Å²) in [6, 6.07) is 4.83. The molecule has 0 amide bonds. The summed E-state index contributed by atoms with van der Waals surface area (Å²) < 4.78 is 0. The molecule has 3 nitrogen and oxygen atoms in total. The average molecular weight is 165 g/mol. The van der Waals surface area contributed by atoms with Crippen LogP contribution in [0.5, 0.6) is 5.75 Å². The molecule has 0 atom stereocenters. The van der Waals surface area contributed by atoms with Crippen LogP contribution in [0.25, 0.3) is 0 Å². The third kappa shape index (κ3) is 1.75. The van der Waals surface area contributed by atoms with Crippen LogP contribution < -0.4 is 5.73 Å². The lowest BCUT2D eigenvalue weighted by Crippen LogP contribution is -2.00. The van der Waals surface area contributed by atoms with Crippen molar-refractivity contribution in [3.8, 4) is 5.75 Å². The monoisotopic (exact) mass is 165 g/mol. The van der Waals surface area contributed by atoms with Crippen molar-refractivity contribution in [3.63, 3.8) is 0 Å². The number of hydrogen-bond acceptors (Lipinski definition) is 3. The second-order valence-corrected chi connectivity index (χ2v) is 2.72. The molecular formula is C9H11NO2. The van der Waals surface area contributed by atoms with Crippen LogP contribution in [0, 0.1) is 0 Å². The minimum atomic E-state index is -0.0109. The molecule has 0 spiro atoms. The fourth-order valence-electron chi connectivity index (χ4n) is 1.03. The number of nitrogens with two attached hydrogens (primary N) is 1. The molecule has 0 aromatic heterocycles. The van der Waals surface area contributed by atoms with Crippen LogP contribution in [0.1, 0.15) is 12.5 Å². The molecule has 0 radical (unpaired) electrons. The summed E-state index contributed by atoms with van der Waals surface area (Å²) in [7, 11) is 0. The third-order valence-electron chi connectivity index (χ3n) is 1.61. The maximum atomic E-state index is 10.8. The highest BCUT2D eigenvalue weighted by atomic mass is 16.3. The van der Waals surface area contributed by atoms with E-state index in [2.05, 4.69) is 0 Å². The lowest BCUT2D eigenvalue weighted by Gasteiger charge is -2.04. The van der Waals surface area contributed by atoms with Gasteiger partial charge in [0.25, 0.3) is 0 Å². The molecular weight excluding hydrogens is 154 g/mol. The topological polar surface area (TPSA) is 63.3 Å². The van der Waals surface area contributed by atoms with Gasteiger partial charge in [0.15, 0.2) is 0 Å². The molecule has 3 heteroatoms. The molecule has 0 bridgehead atoms. The lowest BCUT2D eigenvalue weighted by molar-refractivity contribution is -0.116. The lowest BCUT2D eigenvalue weighted by atomic mass is 10.1. The zero-order chi connectivity index (χ0) is 9.14. The number of ketones is 1. The minimum Gasteiger partial charge on any atom is -0.508 e. The van der Waals surface area contributed by atoms with E-state index in [-0.39, 0.29) is 18.0 Å². The molecule has 3 N–H and O–H groups in total. The van der Waals surface area contributed by atoms with Crippen LogP contribution in [0.4, 0.5) is 5.69 Å². The molecule has 1 aromatic rings. The van der Waals surface area contributed by atoms with E-state index in [0.717, 1.165) is 0 Å². The minimum absolute atomic E-state index is 0.0109. The summed E-state index contributed by atoms with van der Waals surface area (Å²) in [5, 5.41) is 9.31. The Morgan fingerprint density at radius 1 is 1.58 bits per heavy atom. The number of benzene rings is 1. The van der Waals surface area contributed by atoms with Gasteiger partial charge < -0.3 is 10.8 Å². The highest BCUT2D eigenvalue weighted by Crippen LogP contribution is 2.23. The molecule has 1 rings (SSSR count). The Hall–Kier alpha value is -1.51. The summed E-state index contributed by atoms with van der Waals surface area (Å²) in [6.45, 7) is 1.46. The molecule has 0 aliphatic carbocycles. The van der Waals surface area contributed by atoms with E-state index < -0.39 is 0 Å². The van der Waals surface area contributed by atoms with Gasteiger partial charge in [-0.25, -0.2) is 0 Å². The van der Waals surface area contributed by atoms with Crippen molar-refractivity contribution < 1.29 is 9.90 Å². The van der Waals surface area contributed by atoms with Gasteiger partial charge in [-0.2, -0.15) is 0 Å². The Labute approximate surface area is 70.8 Å². The van der Waals surface area contributed by atoms with Crippen molar-refractivity contribution in [3.05, 3.63) is 23.8 Å². The zero-order valence-electron chi connectivity index (χ0n) is 6.87. The quantitative estimate of drug-likeness (QED) is 0.645. The Kier molecular flexibility index (Phi) is 2.33. The van der Waals surface area contributed by atoms with E-state index in [9.17, 15) is 9.90 Å². The molecule has 1 aromatic carbocycles. The standard InChI is InChI=1S/C9H11NO2/c1-6(11)5-7-8(10)3-2-4-9(7)12/h2-4,12H,5,10H2,1H3. The SMILES string of the molecule is CC(=O)Cc1c(N)cccc1O. The predicted octanol–water partition coefficient (Wildman–Crippen LogP) is 1.11. The van der Waals surface area contributed by atoms with E-state index in [1.807, 2.05) is 0 Å². The number of phenols is 1. The van der Waals surface area contributed by atoms with Crippen LogP contribution in [-0.4, -0.2) is 10.9 Å². The van der Waals surface area contributed by atoms with Crippen LogP contribution in [-0.2, 0) is 11.2 Å². The molecule has 0 aliphatic rings. The molecule has 0 aliphatic heterocycles. The first-order chi connectivity index (χ1) is 5.61. The molecule has 12 heavy (non-hydrogen) atoms. The highest BCUT2D eigenvalue weighted by molar-refractivity contribution is 5.81. The van der Waals surface area contributed by atoms with Gasteiger partial charge >= 0.3 is 0 Å². The van der Waals surface area contributed by atoms with Gasteiger partial charge in [0.1, 0.15) is 11.5 Å². The maximum absolute atomic E-state index is 10.8. The first-order valence-corrected chi connectivity index (χ1v) is 3.67. The van der Waals surface area contributed by atoms with E-state index in [4.69, 9.17) is 5.73 Å². The third-order valence-corrected chi connectivity index (χ3v) is 1.61. The number of anilines is 1. The van der Waals surface area contributed by atoms with Crippen LogP contribution in [0.3, 0.4) is 0 Å². The van der Waals surface area contributed by atoms with Gasteiger partial charge in [0, 0.05) is 17.7 Å². The van der Waals surface area contributed by atoms with Crippen molar-refractivity contribution in [2.24, 2.45) is 0 Å². The molecule has 0 heterocycles. The summed E-state index contributed by atoms with van der Waals surface area (Å²) in [4.78, 5) is 10.8. The molecule has 64 valence electrons. The van der Waals surface area contributed by atoms with Gasteiger partial charge in [0.05, 0.1) is 0 Å². The summed E-state index contributed by atoms with van der Waals surface area (Å²) in [6.07, 6.45) is 0.193. The fourth-order valence-corrected chi connectivity index (χ4v) is 1.03. The Morgan fingerprint density at radius 3 is 2.75 bits per heavy atom. The Morgan fingerprint density at radius 2 is 2.25 bits per heavy atom. The number of phenolic OH excluding ortho intramolecular Hbond substituents is 1. The average Bonchev–Trinajstić information content (AvgIpc) is 1.97. The smallest absolute Gasteiger partial charge is 0.134 e. The maximum Gasteiger partial charge on any atom is 0.134 e. The molecule has 0 fully saturated rings. The summed E-state index contributed by atoms with van der Waals surface area (Å²) in [5.41, 5.74) is 6.54. The number of Topliss-reactive ketones (excluding diaryl/α,β-unsaturated/α-hetero) is 1. The number of rotatable bonds is 2. The van der Waals surface area contributed by atoms with Crippen LogP contribution in [0.15, 0.2) is 18.2 Å². The Bertz CT molecular complexity index is 287. The molecule has 0 unspecified atom stereocenters. The van der Waals surface area contributed by atoms with Crippen LogP contribution >= 0.6 is 0 Å². The normalized spacial score (nSPS) is 9.75. The Balaban J connectivity index is 3.04. The van der Waals surface area contributed by atoms with Crippen molar-refractivity contribution in [2.45, 2.75) is 13.3 Å². The largest absolute Gasteiger partial charge is 0.508 e. The van der Waals surface area contributed by atoms with Gasteiger partial charge in [-0.1, -0.05) is 6.07 Å². The van der Waals surface area contributed by atoms with Crippen molar-refractivity contribution in [1.82, 2.24) is 0 Å². The zero-order valence-corrected chi connectivity index (χ0v) is 6.87. The van der Waals surface area contributed by atoms with Gasteiger partial charge in [0.2, 0.25) is 0 Å². The van der Waals surface area contributed by atoms with Crippen LogP contribution in [0.2, 0.25) is 0 Å². The fraction of sp³-hybridized carbons (Fsp3) is 0.222. The number of aromatic hydroxyl groups is 1. The van der Waals surface area contributed by atoms with Crippen molar-refractivity contribution in [1.29, 1.82) is 0 Å². The highest BCUT2D eigenvalue weighted by Gasteiger charge is 2.06. The number of hydrogen-bond donors (Lipinski definition) is 2. The number of carbonyl (C=O) groups excluding carboxylic acids is 1. The van der Waals surface area contributed by atoms with Gasteiger partial charge in [-0.3, -0.25) is 4.79 Å². The summed E-state index contributed by atoms with van der Waals surface area (Å²) >= 11 is 0. The first kappa shape index (κ1) is 8.59. The molecule has 0 saturated heterocycles. The predicted molar refractivity (Wildman–Crippen MR) is 46.9 cm³/mol. The second kappa shape index (κ2) is 3.26. The van der Waals surface area contributed by atoms with E-state index in [1.165, 1.54) is 13.0 Å². The summed E-state index contributed by atoms with van der Waals surface area (Å²) in [5.74, 6) is 0.0772. The van der Waals surface area contributed by atoms with E-state index >= 15 is 0 Å². The first-order valence-electron chi connectivity index (χ1n) is 3.67. The van der Waals surface area contributed by atoms with Crippen molar-refractivity contribution >= 4 is 11.5 Å². The second-order valence-electron chi connectivity index (χ2n) is 2.72. The van der Waals surface area contributed by atoms with E-state index in [1.54, 1.807) is 12.1 Å². The van der Waals surface area contributed by atoms with Crippen molar-refractivity contribution in [2.75, 3.05) is 5.73 Å². The molecule has 0 saturated carbocycles. The van der Waals surface area contributed by atoms with Gasteiger partial charge in [-0.15, -0.1) is 0 Å². The van der Waals surface area contributed by atoms with E-state index in [0.29, 0.717) is 11.3 Å². The number of nitrogen functional groups attached to an aromatic ring is 1.